The van der Waals surface area contributed by atoms with E-state index in [1.165, 1.54) is 11.3 Å². The molecule has 96 valence electrons. The number of nitrogens with zero attached hydrogens (tertiary/aromatic N) is 1. The highest BCUT2D eigenvalue weighted by atomic mass is 79.9. The molecule has 0 atom stereocenters. The zero-order valence-electron chi connectivity index (χ0n) is 9.55. The number of sulfonamides is 1. The molecule has 0 aliphatic rings. The van der Waals surface area contributed by atoms with E-state index in [4.69, 9.17) is 0 Å². The Morgan fingerprint density at radius 2 is 2.00 bits per heavy atom. The van der Waals surface area contributed by atoms with Crippen LogP contribution in [0.15, 0.2) is 39.1 Å². The molecular weight excluding hydrogens is 336 g/mol. The lowest BCUT2D eigenvalue weighted by molar-refractivity contribution is 0.581. The van der Waals surface area contributed by atoms with Crippen molar-refractivity contribution in [1.82, 2.24) is 9.71 Å². The normalized spacial score (nSPS) is 11.7. The SMILES string of the molecule is Cc1ncsc1CNS(=O)(=O)c1ccc(Br)cc1. The van der Waals surface area contributed by atoms with E-state index < -0.39 is 10.0 Å². The summed E-state index contributed by atoms with van der Waals surface area (Å²) >= 11 is 4.71. The number of hydrogen-bond donors (Lipinski definition) is 1. The maximum absolute atomic E-state index is 12.0. The van der Waals surface area contributed by atoms with Gasteiger partial charge in [-0.2, -0.15) is 0 Å². The smallest absolute Gasteiger partial charge is 0.240 e. The molecule has 1 aromatic carbocycles. The highest BCUT2D eigenvalue weighted by molar-refractivity contribution is 9.10. The molecule has 0 saturated heterocycles. The Bertz CT molecular complexity index is 635. The molecule has 4 nitrogen and oxygen atoms in total. The number of aryl methyl sites for hydroxylation is 1. The van der Waals surface area contributed by atoms with E-state index in [0.29, 0.717) is 0 Å². The van der Waals surface area contributed by atoms with Crippen LogP contribution in [0.1, 0.15) is 10.6 Å². The molecule has 0 saturated carbocycles. The Balaban J connectivity index is 2.13. The Hall–Kier alpha value is -0.760. The summed E-state index contributed by atoms with van der Waals surface area (Å²) in [5.41, 5.74) is 2.57. The van der Waals surface area contributed by atoms with Crippen molar-refractivity contribution in [2.75, 3.05) is 0 Å². The quantitative estimate of drug-likeness (QED) is 0.925. The highest BCUT2D eigenvalue weighted by Gasteiger charge is 2.14. The van der Waals surface area contributed by atoms with Crippen LogP contribution in [0.25, 0.3) is 0 Å². The van der Waals surface area contributed by atoms with E-state index in [0.717, 1.165) is 15.0 Å². The van der Waals surface area contributed by atoms with Crippen LogP contribution in [0.2, 0.25) is 0 Å². The summed E-state index contributed by atoms with van der Waals surface area (Å²) in [5.74, 6) is 0. The van der Waals surface area contributed by atoms with E-state index in [2.05, 4.69) is 25.6 Å². The predicted octanol–water partition coefficient (Wildman–Crippen LogP) is 2.69. The summed E-state index contributed by atoms with van der Waals surface area (Å²) in [5, 5.41) is 0. The zero-order valence-corrected chi connectivity index (χ0v) is 12.8. The van der Waals surface area contributed by atoms with Crippen molar-refractivity contribution >= 4 is 37.3 Å². The molecule has 1 N–H and O–H groups in total. The fraction of sp³-hybridized carbons (Fsp3) is 0.182. The van der Waals surface area contributed by atoms with Crippen molar-refractivity contribution in [2.24, 2.45) is 0 Å². The lowest BCUT2D eigenvalue weighted by Gasteiger charge is -2.06. The van der Waals surface area contributed by atoms with Crippen molar-refractivity contribution in [3.63, 3.8) is 0 Å². The van der Waals surface area contributed by atoms with Gasteiger partial charge in [-0.05, 0) is 31.2 Å². The highest BCUT2D eigenvalue weighted by Crippen LogP contribution is 2.16. The second kappa shape index (κ2) is 5.48. The molecule has 0 unspecified atom stereocenters. The van der Waals surface area contributed by atoms with Crippen LogP contribution in [0, 0.1) is 6.92 Å². The second-order valence-corrected chi connectivity index (χ2v) is 7.26. The first kappa shape index (κ1) is 13.7. The lowest BCUT2D eigenvalue weighted by atomic mass is 10.4. The Morgan fingerprint density at radius 1 is 1.33 bits per heavy atom. The molecule has 0 fully saturated rings. The van der Waals surface area contributed by atoms with Gasteiger partial charge in [0.1, 0.15) is 0 Å². The maximum atomic E-state index is 12.0. The van der Waals surface area contributed by atoms with Gasteiger partial charge in [0, 0.05) is 15.9 Å². The predicted molar refractivity (Wildman–Crippen MR) is 75.0 cm³/mol. The summed E-state index contributed by atoms with van der Waals surface area (Å²) in [6.45, 7) is 2.13. The van der Waals surface area contributed by atoms with Crippen molar-refractivity contribution in [3.8, 4) is 0 Å². The van der Waals surface area contributed by atoms with Crippen LogP contribution in [-0.2, 0) is 16.6 Å². The van der Waals surface area contributed by atoms with Gasteiger partial charge in [-0.15, -0.1) is 11.3 Å². The second-order valence-electron chi connectivity index (χ2n) is 3.64. The van der Waals surface area contributed by atoms with Gasteiger partial charge in [-0.3, -0.25) is 0 Å². The van der Waals surface area contributed by atoms with E-state index in [9.17, 15) is 8.42 Å². The van der Waals surface area contributed by atoms with Crippen molar-refractivity contribution < 1.29 is 8.42 Å². The number of nitrogens with one attached hydrogen (secondary N) is 1. The number of halogens is 1. The Kier molecular flexibility index (Phi) is 4.16. The Labute approximate surface area is 118 Å². The van der Waals surface area contributed by atoms with Gasteiger partial charge < -0.3 is 0 Å². The zero-order chi connectivity index (χ0) is 13.2. The standard InChI is InChI=1S/C11H11BrN2O2S2/c1-8-11(17-7-13-8)6-14-18(15,16)10-4-2-9(12)3-5-10/h2-5,7,14H,6H2,1H3. The number of thiazole rings is 1. The van der Waals surface area contributed by atoms with Crippen LogP contribution in [0.5, 0.6) is 0 Å². The molecule has 0 aliphatic heterocycles. The first-order chi connectivity index (χ1) is 8.49. The Morgan fingerprint density at radius 3 is 2.56 bits per heavy atom. The molecule has 0 aliphatic carbocycles. The van der Waals surface area contributed by atoms with Crippen LogP contribution in [0.3, 0.4) is 0 Å². The molecule has 2 rings (SSSR count). The molecule has 18 heavy (non-hydrogen) atoms. The van der Waals surface area contributed by atoms with Crippen molar-refractivity contribution in [1.29, 1.82) is 0 Å². The number of benzene rings is 1. The third kappa shape index (κ3) is 3.17. The molecule has 1 aromatic heterocycles. The largest absolute Gasteiger partial charge is 0.250 e. The summed E-state index contributed by atoms with van der Waals surface area (Å²) in [7, 11) is -3.46. The van der Waals surface area contributed by atoms with E-state index >= 15 is 0 Å². The first-order valence-corrected chi connectivity index (χ1v) is 8.29. The molecule has 0 amide bonds. The molecule has 1 heterocycles. The molecule has 7 heteroatoms. The minimum absolute atomic E-state index is 0.257. The number of rotatable bonds is 4. The van der Waals surface area contributed by atoms with Crippen molar-refractivity contribution in [3.05, 3.63) is 44.8 Å². The summed E-state index contributed by atoms with van der Waals surface area (Å²) in [4.78, 5) is 5.26. The average Bonchev–Trinajstić information content (AvgIpc) is 2.73. The molecule has 2 aromatic rings. The van der Waals surface area contributed by atoms with Gasteiger partial charge in [-0.25, -0.2) is 18.1 Å². The fourth-order valence-corrected chi connectivity index (χ4v) is 3.42. The molecule has 0 spiro atoms. The maximum Gasteiger partial charge on any atom is 0.240 e. The molecular formula is C11H11BrN2O2S2. The van der Waals surface area contributed by atoms with Crippen LogP contribution in [0.4, 0.5) is 0 Å². The molecule has 0 bridgehead atoms. The van der Waals surface area contributed by atoms with Gasteiger partial charge in [0.15, 0.2) is 0 Å². The first-order valence-electron chi connectivity index (χ1n) is 5.13. The summed E-state index contributed by atoms with van der Waals surface area (Å²) in [6.07, 6.45) is 0. The summed E-state index contributed by atoms with van der Waals surface area (Å²) in [6, 6.07) is 6.52. The van der Waals surface area contributed by atoms with Gasteiger partial charge >= 0.3 is 0 Å². The van der Waals surface area contributed by atoms with E-state index in [-0.39, 0.29) is 11.4 Å². The van der Waals surface area contributed by atoms with Crippen molar-refractivity contribution in [2.45, 2.75) is 18.4 Å². The average molecular weight is 347 g/mol. The topological polar surface area (TPSA) is 59.1 Å². The minimum Gasteiger partial charge on any atom is -0.250 e. The third-order valence-corrected chi connectivity index (χ3v) is 5.27. The summed E-state index contributed by atoms with van der Waals surface area (Å²) < 4.78 is 27.4. The lowest BCUT2D eigenvalue weighted by Crippen LogP contribution is -2.23. The number of hydrogen-bond acceptors (Lipinski definition) is 4. The van der Waals surface area contributed by atoms with Crippen LogP contribution in [-0.4, -0.2) is 13.4 Å². The number of aromatic nitrogens is 1. The molecule has 0 radical (unpaired) electrons. The van der Waals surface area contributed by atoms with Gasteiger partial charge in [0.25, 0.3) is 0 Å². The van der Waals surface area contributed by atoms with E-state index in [1.807, 2.05) is 6.92 Å². The monoisotopic (exact) mass is 346 g/mol. The minimum atomic E-state index is -3.46. The van der Waals surface area contributed by atoms with Crippen LogP contribution < -0.4 is 4.72 Å². The fourth-order valence-electron chi connectivity index (χ4n) is 1.35. The van der Waals surface area contributed by atoms with E-state index in [1.54, 1.807) is 29.8 Å². The third-order valence-electron chi connectivity index (χ3n) is 2.39. The van der Waals surface area contributed by atoms with Gasteiger partial charge in [0.05, 0.1) is 16.1 Å². The van der Waals surface area contributed by atoms with Crippen LogP contribution >= 0.6 is 27.3 Å². The van der Waals surface area contributed by atoms with Gasteiger partial charge in [-0.1, -0.05) is 15.9 Å². The van der Waals surface area contributed by atoms with Gasteiger partial charge in [0.2, 0.25) is 10.0 Å².